The van der Waals surface area contributed by atoms with Crippen molar-refractivity contribution >= 4 is 17.1 Å². The molecular formula is C10H13NO2S. The molecule has 1 atom stereocenters. The van der Waals surface area contributed by atoms with Gasteiger partial charge in [0.1, 0.15) is 11.3 Å². The molecule has 0 aliphatic carbocycles. The molecule has 0 amide bonds. The molecular weight excluding hydrogens is 198 g/mol. The molecule has 0 bridgehead atoms. The van der Waals surface area contributed by atoms with Gasteiger partial charge in [0.2, 0.25) is 5.78 Å². The van der Waals surface area contributed by atoms with Gasteiger partial charge in [-0.25, -0.2) is 4.98 Å². The third-order valence-electron chi connectivity index (χ3n) is 2.61. The van der Waals surface area contributed by atoms with Crippen LogP contribution in [0.1, 0.15) is 36.7 Å². The Morgan fingerprint density at radius 3 is 3.07 bits per heavy atom. The molecule has 0 N–H and O–H groups in total. The Bertz CT molecular complexity index is 315. The topological polar surface area (TPSA) is 39.2 Å². The molecule has 1 aromatic heterocycles. The maximum absolute atomic E-state index is 12.0. The van der Waals surface area contributed by atoms with Crippen molar-refractivity contribution < 1.29 is 9.53 Å². The number of ketones is 1. The van der Waals surface area contributed by atoms with Gasteiger partial charge in [0.05, 0.1) is 5.51 Å². The van der Waals surface area contributed by atoms with Crippen molar-refractivity contribution in [3.8, 4) is 0 Å². The molecule has 4 heteroatoms. The fraction of sp³-hybridized carbons (Fsp3) is 0.600. The van der Waals surface area contributed by atoms with Crippen molar-refractivity contribution in [2.45, 2.75) is 31.8 Å². The number of hydrogen-bond donors (Lipinski definition) is 0. The van der Waals surface area contributed by atoms with E-state index in [2.05, 4.69) is 4.98 Å². The molecule has 14 heavy (non-hydrogen) atoms. The van der Waals surface area contributed by atoms with Gasteiger partial charge in [-0.2, -0.15) is 0 Å². The van der Waals surface area contributed by atoms with E-state index in [1.807, 2.05) is 6.92 Å². The van der Waals surface area contributed by atoms with Crippen LogP contribution in [0.2, 0.25) is 0 Å². The van der Waals surface area contributed by atoms with E-state index in [1.54, 1.807) is 10.9 Å². The van der Waals surface area contributed by atoms with Crippen molar-refractivity contribution in [1.82, 2.24) is 4.98 Å². The minimum Gasteiger partial charge on any atom is -0.367 e. The Labute approximate surface area is 87.1 Å². The molecule has 2 rings (SSSR count). The smallest absolute Gasteiger partial charge is 0.213 e. The summed E-state index contributed by atoms with van der Waals surface area (Å²) in [5.41, 5.74) is 1.59. The van der Waals surface area contributed by atoms with Gasteiger partial charge in [0, 0.05) is 12.0 Å². The van der Waals surface area contributed by atoms with E-state index in [0.29, 0.717) is 12.3 Å². The minimum atomic E-state index is -0.633. The zero-order valence-electron chi connectivity index (χ0n) is 8.16. The van der Waals surface area contributed by atoms with Crippen LogP contribution in [0.3, 0.4) is 0 Å². The molecule has 1 aromatic rings. The van der Waals surface area contributed by atoms with Crippen molar-refractivity contribution in [2.75, 3.05) is 6.61 Å². The highest BCUT2D eigenvalue weighted by Gasteiger charge is 2.37. The van der Waals surface area contributed by atoms with Gasteiger partial charge in [0.15, 0.2) is 0 Å². The summed E-state index contributed by atoms with van der Waals surface area (Å²) in [6.45, 7) is 2.56. The number of hydrogen-bond acceptors (Lipinski definition) is 4. The van der Waals surface area contributed by atoms with Gasteiger partial charge in [-0.3, -0.25) is 4.79 Å². The van der Waals surface area contributed by atoms with Crippen molar-refractivity contribution in [3.63, 3.8) is 0 Å². The second kappa shape index (κ2) is 3.79. The Balaban J connectivity index is 2.17. The van der Waals surface area contributed by atoms with Crippen LogP contribution in [-0.4, -0.2) is 23.0 Å². The lowest BCUT2D eigenvalue weighted by molar-refractivity contribution is -0.0428. The monoisotopic (exact) mass is 211 g/mol. The number of nitrogens with zero attached hydrogens (tertiary/aromatic N) is 1. The number of ether oxygens (including phenoxy) is 1. The normalized spacial score (nSPS) is 27.5. The van der Waals surface area contributed by atoms with Gasteiger partial charge in [0.25, 0.3) is 0 Å². The first-order valence-electron chi connectivity index (χ1n) is 4.79. The fourth-order valence-electron chi connectivity index (χ4n) is 1.71. The van der Waals surface area contributed by atoms with E-state index in [0.717, 1.165) is 19.3 Å². The van der Waals surface area contributed by atoms with Gasteiger partial charge in [-0.15, -0.1) is 11.3 Å². The lowest BCUT2D eigenvalue weighted by Crippen LogP contribution is -2.41. The van der Waals surface area contributed by atoms with Crippen molar-refractivity contribution in [3.05, 3.63) is 16.6 Å². The van der Waals surface area contributed by atoms with Crippen LogP contribution >= 0.6 is 11.3 Å². The Kier molecular flexibility index (Phi) is 2.65. The van der Waals surface area contributed by atoms with Crippen LogP contribution in [0.15, 0.2) is 10.9 Å². The number of carbonyl (C=O) groups excluding carboxylic acids is 1. The third-order valence-corrected chi connectivity index (χ3v) is 3.20. The summed E-state index contributed by atoms with van der Waals surface area (Å²) in [6.07, 6.45) is 2.93. The average Bonchev–Trinajstić information content (AvgIpc) is 2.70. The van der Waals surface area contributed by atoms with Gasteiger partial charge in [-0.05, 0) is 26.2 Å². The second-order valence-electron chi connectivity index (χ2n) is 3.74. The molecule has 0 radical (unpaired) electrons. The second-order valence-corrected chi connectivity index (χ2v) is 4.46. The number of Topliss-reactive ketones (excluding diaryl/α,β-unsaturated/α-hetero) is 1. The van der Waals surface area contributed by atoms with Crippen LogP contribution in [-0.2, 0) is 4.74 Å². The predicted molar refractivity (Wildman–Crippen MR) is 54.7 cm³/mol. The average molecular weight is 211 g/mol. The lowest BCUT2D eigenvalue weighted by atomic mass is 9.90. The first-order valence-corrected chi connectivity index (χ1v) is 5.74. The number of rotatable bonds is 2. The summed E-state index contributed by atoms with van der Waals surface area (Å²) >= 11 is 1.44. The van der Waals surface area contributed by atoms with Crippen molar-refractivity contribution in [2.24, 2.45) is 0 Å². The van der Waals surface area contributed by atoms with E-state index in [-0.39, 0.29) is 5.78 Å². The lowest BCUT2D eigenvalue weighted by Gasteiger charge is -2.31. The molecule has 1 unspecified atom stereocenters. The zero-order valence-corrected chi connectivity index (χ0v) is 8.97. The predicted octanol–water partition coefficient (Wildman–Crippen LogP) is 2.29. The van der Waals surface area contributed by atoms with Crippen LogP contribution < -0.4 is 0 Å². The van der Waals surface area contributed by atoms with Gasteiger partial charge < -0.3 is 4.74 Å². The molecule has 0 spiro atoms. The highest BCUT2D eigenvalue weighted by atomic mass is 32.1. The molecule has 0 saturated carbocycles. The minimum absolute atomic E-state index is 0.0263. The first kappa shape index (κ1) is 9.80. The zero-order chi connectivity index (χ0) is 10.0. The summed E-state index contributed by atoms with van der Waals surface area (Å²) in [4.78, 5) is 16.0. The highest BCUT2D eigenvalue weighted by molar-refractivity contribution is 7.07. The summed E-state index contributed by atoms with van der Waals surface area (Å²) in [6, 6.07) is 0. The van der Waals surface area contributed by atoms with Crippen LogP contribution in [0.5, 0.6) is 0 Å². The standard InChI is InChI=1S/C10H13NO2S/c1-10(4-2-3-5-13-10)9(12)8-6-14-7-11-8/h6-7H,2-5H2,1H3. The first-order chi connectivity index (χ1) is 6.72. The van der Waals surface area contributed by atoms with E-state index >= 15 is 0 Å². The summed E-state index contributed by atoms with van der Waals surface area (Å²) < 4.78 is 5.57. The Morgan fingerprint density at radius 1 is 1.64 bits per heavy atom. The van der Waals surface area contributed by atoms with Crippen LogP contribution in [0.25, 0.3) is 0 Å². The van der Waals surface area contributed by atoms with E-state index in [9.17, 15) is 4.79 Å². The highest BCUT2D eigenvalue weighted by Crippen LogP contribution is 2.28. The molecule has 2 heterocycles. The molecule has 1 saturated heterocycles. The summed E-state index contributed by atoms with van der Waals surface area (Å²) in [5.74, 6) is 0.0263. The molecule has 3 nitrogen and oxygen atoms in total. The Morgan fingerprint density at radius 2 is 2.50 bits per heavy atom. The number of carbonyl (C=O) groups is 1. The summed E-state index contributed by atoms with van der Waals surface area (Å²) in [5, 5.41) is 1.78. The fourth-order valence-corrected chi connectivity index (χ4v) is 2.24. The SMILES string of the molecule is CC1(C(=O)c2cscn2)CCCCO1. The maximum Gasteiger partial charge on any atom is 0.213 e. The molecule has 0 aromatic carbocycles. The maximum atomic E-state index is 12.0. The molecule has 76 valence electrons. The molecule has 1 aliphatic rings. The summed E-state index contributed by atoms with van der Waals surface area (Å²) in [7, 11) is 0. The Hall–Kier alpha value is -0.740. The van der Waals surface area contributed by atoms with E-state index in [1.165, 1.54) is 11.3 Å². The van der Waals surface area contributed by atoms with Gasteiger partial charge in [-0.1, -0.05) is 0 Å². The number of thiazole rings is 1. The van der Waals surface area contributed by atoms with Crippen LogP contribution in [0.4, 0.5) is 0 Å². The van der Waals surface area contributed by atoms with Crippen molar-refractivity contribution in [1.29, 1.82) is 0 Å². The molecule has 1 aliphatic heterocycles. The van der Waals surface area contributed by atoms with E-state index < -0.39 is 5.60 Å². The number of aromatic nitrogens is 1. The van der Waals surface area contributed by atoms with Gasteiger partial charge >= 0.3 is 0 Å². The largest absolute Gasteiger partial charge is 0.367 e. The molecule has 1 fully saturated rings. The van der Waals surface area contributed by atoms with E-state index in [4.69, 9.17) is 4.74 Å². The quantitative estimate of drug-likeness (QED) is 0.704. The third kappa shape index (κ3) is 1.72. The van der Waals surface area contributed by atoms with Crippen LogP contribution in [0, 0.1) is 0 Å².